The molecule has 0 amide bonds. The van der Waals surface area contributed by atoms with E-state index in [0.717, 1.165) is 5.56 Å². The van der Waals surface area contributed by atoms with Crippen LogP contribution in [0.2, 0.25) is 0 Å². The Balaban J connectivity index is 2.78. The number of aryl methyl sites for hydroxylation is 4. The SMILES string of the molecule is Cc1cc(C)c(-c2nc(C)c(C)[nH]c2=O)c(F)c1. The average molecular weight is 246 g/mol. The lowest BCUT2D eigenvalue weighted by Gasteiger charge is -2.09. The van der Waals surface area contributed by atoms with E-state index < -0.39 is 5.82 Å². The molecule has 0 atom stereocenters. The first-order valence-electron chi connectivity index (χ1n) is 5.75. The lowest BCUT2D eigenvalue weighted by molar-refractivity contribution is 0.628. The third-order valence-electron chi connectivity index (χ3n) is 3.01. The lowest BCUT2D eigenvalue weighted by atomic mass is 10.0. The van der Waals surface area contributed by atoms with Gasteiger partial charge in [0.2, 0.25) is 0 Å². The summed E-state index contributed by atoms with van der Waals surface area (Å²) in [4.78, 5) is 18.8. The first-order chi connectivity index (χ1) is 8.40. The van der Waals surface area contributed by atoms with Crippen molar-refractivity contribution < 1.29 is 4.39 Å². The van der Waals surface area contributed by atoms with Crippen molar-refractivity contribution in [3.05, 3.63) is 50.8 Å². The molecular weight excluding hydrogens is 231 g/mol. The summed E-state index contributed by atoms with van der Waals surface area (Å²) >= 11 is 0. The van der Waals surface area contributed by atoms with Crippen LogP contribution in [-0.2, 0) is 0 Å². The van der Waals surface area contributed by atoms with Gasteiger partial charge in [0.25, 0.3) is 5.56 Å². The zero-order valence-corrected chi connectivity index (χ0v) is 10.9. The van der Waals surface area contributed by atoms with Crippen LogP contribution in [0.1, 0.15) is 22.5 Å². The first-order valence-corrected chi connectivity index (χ1v) is 5.75. The van der Waals surface area contributed by atoms with E-state index >= 15 is 0 Å². The summed E-state index contributed by atoms with van der Waals surface area (Å²) in [6.07, 6.45) is 0. The Labute approximate surface area is 105 Å². The van der Waals surface area contributed by atoms with Gasteiger partial charge in [-0.1, -0.05) is 6.07 Å². The molecule has 18 heavy (non-hydrogen) atoms. The van der Waals surface area contributed by atoms with Crippen molar-refractivity contribution >= 4 is 0 Å². The van der Waals surface area contributed by atoms with Crippen LogP contribution < -0.4 is 5.56 Å². The van der Waals surface area contributed by atoms with Crippen molar-refractivity contribution in [3.8, 4) is 11.3 Å². The van der Waals surface area contributed by atoms with Crippen LogP contribution in [-0.4, -0.2) is 9.97 Å². The van der Waals surface area contributed by atoms with Crippen molar-refractivity contribution in [2.24, 2.45) is 0 Å². The van der Waals surface area contributed by atoms with Gasteiger partial charge < -0.3 is 4.98 Å². The second kappa shape index (κ2) is 4.37. The van der Waals surface area contributed by atoms with Crippen molar-refractivity contribution in [3.63, 3.8) is 0 Å². The van der Waals surface area contributed by atoms with Crippen LogP contribution in [0, 0.1) is 33.5 Å². The summed E-state index contributed by atoms with van der Waals surface area (Å²) in [6.45, 7) is 7.15. The van der Waals surface area contributed by atoms with Crippen molar-refractivity contribution in [1.82, 2.24) is 9.97 Å². The number of aromatic amines is 1. The summed E-state index contributed by atoms with van der Waals surface area (Å²) in [6, 6.07) is 3.26. The maximum absolute atomic E-state index is 14.0. The monoisotopic (exact) mass is 246 g/mol. The van der Waals surface area contributed by atoms with Gasteiger partial charge in [-0.25, -0.2) is 9.37 Å². The van der Waals surface area contributed by atoms with E-state index in [1.165, 1.54) is 6.07 Å². The molecule has 94 valence electrons. The van der Waals surface area contributed by atoms with Gasteiger partial charge in [-0.3, -0.25) is 4.79 Å². The molecule has 2 aromatic rings. The van der Waals surface area contributed by atoms with Gasteiger partial charge in [0, 0.05) is 11.3 Å². The standard InChI is InChI=1S/C14H15FN2O/c1-7-5-8(2)12(11(15)6-7)13-14(18)17-10(4)9(3)16-13/h5-6H,1-4H3,(H,17,18). The fourth-order valence-corrected chi connectivity index (χ4v) is 2.01. The van der Waals surface area contributed by atoms with E-state index in [-0.39, 0.29) is 16.8 Å². The Kier molecular flexibility index (Phi) is 3.03. The molecule has 4 heteroatoms. The fraction of sp³-hybridized carbons (Fsp3) is 0.286. The minimum absolute atomic E-state index is 0.146. The van der Waals surface area contributed by atoms with E-state index in [9.17, 15) is 9.18 Å². The number of benzene rings is 1. The molecule has 0 bridgehead atoms. The largest absolute Gasteiger partial charge is 0.323 e. The molecule has 0 saturated heterocycles. The Hall–Kier alpha value is -1.97. The van der Waals surface area contributed by atoms with Crippen LogP contribution in [0.15, 0.2) is 16.9 Å². The Morgan fingerprint density at radius 1 is 1.17 bits per heavy atom. The second-order valence-electron chi connectivity index (χ2n) is 4.56. The number of hydrogen-bond acceptors (Lipinski definition) is 2. The van der Waals surface area contributed by atoms with Crippen LogP contribution in [0.4, 0.5) is 4.39 Å². The minimum atomic E-state index is -0.409. The summed E-state index contributed by atoms with van der Waals surface area (Å²) in [5, 5.41) is 0. The van der Waals surface area contributed by atoms with E-state index in [2.05, 4.69) is 9.97 Å². The van der Waals surface area contributed by atoms with Crippen molar-refractivity contribution in [2.75, 3.05) is 0 Å². The fourth-order valence-electron chi connectivity index (χ4n) is 2.01. The summed E-state index contributed by atoms with van der Waals surface area (Å²) in [5.41, 5.74) is 3.02. The average Bonchev–Trinajstić information content (AvgIpc) is 2.24. The molecule has 0 unspecified atom stereocenters. The number of H-pyrrole nitrogens is 1. The number of nitrogens with one attached hydrogen (secondary N) is 1. The number of hydrogen-bond donors (Lipinski definition) is 1. The topological polar surface area (TPSA) is 45.8 Å². The molecule has 1 aromatic carbocycles. The minimum Gasteiger partial charge on any atom is -0.323 e. The third kappa shape index (κ3) is 2.06. The number of halogens is 1. The van der Waals surface area contributed by atoms with Gasteiger partial charge in [-0.05, 0) is 44.9 Å². The highest BCUT2D eigenvalue weighted by Crippen LogP contribution is 2.24. The van der Waals surface area contributed by atoms with Crippen LogP contribution in [0.3, 0.4) is 0 Å². The quantitative estimate of drug-likeness (QED) is 0.841. The Morgan fingerprint density at radius 2 is 1.83 bits per heavy atom. The van der Waals surface area contributed by atoms with Crippen molar-refractivity contribution in [2.45, 2.75) is 27.7 Å². The molecule has 0 spiro atoms. The van der Waals surface area contributed by atoms with Gasteiger partial charge in [0.15, 0.2) is 0 Å². The lowest BCUT2D eigenvalue weighted by Crippen LogP contribution is -2.15. The Bertz CT molecular complexity index is 651. The normalized spacial score (nSPS) is 10.7. The first kappa shape index (κ1) is 12.5. The summed E-state index contributed by atoms with van der Waals surface area (Å²) in [5.74, 6) is -0.409. The van der Waals surface area contributed by atoms with Crippen molar-refractivity contribution in [1.29, 1.82) is 0 Å². The number of rotatable bonds is 1. The molecule has 0 fully saturated rings. The summed E-state index contributed by atoms with van der Waals surface area (Å²) < 4.78 is 14.0. The molecule has 3 nitrogen and oxygen atoms in total. The van der Waals surface area contributed by atoms with Gasteiger partial charge in [-0.2, -0.15) is 0 Å². The maximum atomic E-state index is 14.0. The maximum Gasteiger partial charge on any atom is 0.274 e. The molecular formula is C14H15FN2O. The zero-order valence-electron chi connectivity index (χ0n) is 10.9. The number of nitrogens with zero attached hydrogens (tertiary/aromatic N) is 1. The molecule has 1 aromatic heterocycles. The smallest absolute Gasteiger partial charge is 0.274 e. The predicted octanol–water partition coefficient (Wildman–Crippen LogP) is 2.81. The molecule has 0 saturated carbocycles. The second-order valence-corrected chi connectivity index (χ2v) is 4.56. The van der Waals surface area contributed by atoms with E-state index in [1.807, 2.05) is 13.0 Å². The van der Waals surface area contributed by atoms with Gasteiger partial charge in [0.05, 0.1) is 5.69 Å². The summed E-state index contributed by atoms with van der Waals surface area (Å²) in [7, 11) is 0. The Morgan fingerprint density at radius 3 is 2.44 bits per heavy atom. The van der Waals surface area contributed by atoms with Gasteiger partial charge >= 0.3 is 0 Å². The predicted molar refractivity (Wildman–Crippen MR) is 69.2 cm³/mol. The molecule has 1 N–H and O–H groups in total. The molecule has 0 aliphatic carbocycles. The van der Waals surface area contributed by atoms with Gasteiger partial charge in [0.1, 0.15) is 11.5 Å². The zero-order chi connectivity index (χ0) is 13.4. The van der Waals surface area contributed by atoms with Crippen LogP contribution in [0.5, 0.6) is 0 Å². The van der Waals surface area contributed by atoms with Gasteiger partial charge in [-0.15, -0.1) is 0 Å². The van der Waals surface area contributed by atoms with Crippen LogP contribution >= 0.6 is 0 Å². The third-order valence-corrected chi connectivity index (χ3v) is 3.01. The molecule has 0 aliphatic heterocycles. The molecule has 2 rings (SSSR count). The molecule has 0 radical (unpaired) electrons. The van der Waals surface area contributed by atoms with E-state index in [4.69, 9.17) is 0 Å². The highest BCUT2D eigenvalue weighted by molar-refractivity contribution is 5.64. The molecule has 1 heterocycles. The molecule has 0 aliphatic rings. The van der Waals surface area contributed by atoms with Crippen LogP contribution in [0.25, 0.3) is 11.3 Å². The van der Waals surface area contributed by atoms with E-state index in [1.54, 1.807) is 20.8 Å². The highest BCUT2D eigenvalue weighted by Gasteiger charge is 2.15. The van der Waals surface area contributed by atoms with E-state index in [0.29, 0.717) is 17.0 Å². The highest BCUT2D eigenvalue weighted by atomic mass is 19.1. The number of aromatic nitrogens is 2.